The van der Waals surface area contributed by atoms with E-state index in [-0.39, 0.29) is 12.8 Å². The summed E-state index contributed by atoms with van der Waals surface area (Å²) in [7, 11) is -5.75. The van der Waals surface area contributed by atoms with E-state index in [4.69, 9.17) is 46.9 Å². The Morgan fingerprint density at radius 2 is 0.800 bits per heavy atom. The van der Waals surface area contributed by atoms with Gasteiger partial charge in [-0.25, -0.2) is 4.57 Å². The van der Waals surface area contributed by atoms with Gasteiger partial charge in [-0.1, -0.05) is 154 Å². The molecule has 29 heteroatoms. The van der Waals surface area contributed by atoms with E-state index in [1.807, 2.05) is 0 Å². The monoisotopic (exact) mass is 1320 g/mol. The van der Waals surface area contributed by atoms with Gasteiger partial charge in [-0.3, -0.25) is 18.6 Å². The van der Waals surface area contributed by atoms with Crippen LogP contribution < -0.4 is 0 Å². The molecule has 4 rings (SSSR count). The number of hydrogen-bond donors (Lipinski definition) is 15. The van der Waals surface area contributed by atoms with Crippen LogP contribution in [0.25, 0.3) is 0 Å². The number of ether oxygens (including phenoxy) is 8. The summed E-state index contributed by atoms with van der Waals surface area (Å²) in [6.07, 6.45) is -13.7. The lowest BCUT2D eigenvalue weighted by molar-refractivity contribution is -0.364. The minimum Gasteiger partial charge on any atom is -0.462 e. The van der Waals surface area contributed by atoms with Gasteiger partial charge in [0.05, 0.1) is 26.4 Å². The minimum absolute atomic E-state index is 0.0208. The standard InChI is InChI=1S/C61H111O28P/c1-3-5-7-9-11-13-15-17-18-20-21-23-25-27-29-31-42(64)80-35-38(83-43(65)32-30-28-26-24-22-19-16-14-12-10-8-6-4-2)36-82-90(78,79)89-58-56(87-60-54(76)48(70)45(67)40(34-63)85-60)51(73)50(72)52(74)57(58)88-61-55(77)49(71)46(68)41(86-61)37-81-59-53(75)47(69)44(66)39(33-62)84-59/h14,16,38-41,44-63,66-77H,3-13,15,17-37H2,1-2H3,(H,78,79)/b16-14-/t38-,39?,40?,41?,44+,45-,46+,47?,48?,49?,50+,51?,52?,53+,54-,55+,56-,57?,58+,59-,60-,61+/m1/s1. The van der Waals surface area contributed by atoms with Crippen LogP contribution in [0.3, 0.4) is 0 Å². The molecule has 15 N–H and O–H groups in total. The Morgan fingerprint density at radius 3 is 1.26 bits per heavy atom. The summed E-state index contributed by atoms with van der Waals surface area (Å²) in [6, 6.07) is 0. The molecule has 1 aliphatic carbocycles. The van der Waals surface area contributed by atoms with E-state index in [2.05, 4.69) is 26.0 Å². The number of carbonyl (C=O) groups excluding carboxylic acids is 2. The predicted molar refractivity (Wildman–Crippen MR) is 319 cm³/mol. The minimum atomic E-state index is -5.75. The lowest BCUT2D eigenvalue weighted by Gasteiger charge is -2.49. The van der Waals surface area contributed by atoms with E-state index < -0.39 is 188 Å². The summed E-state index contributed by atoms with van der Waals surface area (Å²) in [5.74, 6) is -1.41. The third-order valence-corrected chi connectivity index (χ3v) is 17.9. The van der Waals surface area contributed by atoms with Crippen molar-refractivity contribution >= 4 is 19.8 Å². The second-order valence-electron chi connectivity index (χ2n) is 24.4. The van der Waals surface area contributed by atoms with Crippen molar-refractivity contribution in [3.05, 3.63) is 12.2 Å². The number of hydrogen-bond acceptors (Lipinski definition) is 27. The highest BCUT2D eigenvalue weighted by molar-refractivity contribution is 7.47. The molecule has 4 fully saturated rings. The molecule has 4 aliphatic rings. The van der Waals surface area contributed by atoms with Gasteiger partial charge in [-0.2, -0.15) is 0 Å². The molecule has 528 valence electrons. The molecular formula is C61H111O28P. The topological polar surface area (TPSA) is 447 Å². The van der Waals surface area contributed by atoms with Crippen LogP contribution in [-0.4, -0.2) is 256 Å². The quantitative estimate of drug-likeness (QED) is 0.0179. The van der Waals surface area contributed by atoms with E-state index in [0.717, 1.165) is 64.2 Å². The molecule has 0 spiro atoms. The molecule has 0 aromatic rings. The van der Waals surface area contributed by atoms with Gasteiger partial charge in [-0.05, 0) is 38.5 Å². The largest absolute Gasteiger partial charge is 0.472 e. The Balaban J connectivity index is 1.48. The highest BCUT2D eigenvalue weighted by Crippen LogP contribution is 2.49. The molecule has 3 saturated heterocycles. The number of phosphoric ester groups is 1. The maximum absolute atomic E-state index is 14.3. The van der Waals surface area contributed by atoms with Crippen molar-refractivity contribution in [2.24, 2.45) is 0 Å². The maximum atomic E-state index is 14.3. The molecule has 28 nitrogen and oxygen atoms in total. The zero-order valence-electron chi connectivity index (χ0n) is 52.7. The van der Waals surface area contributed by atoms with Crippen molar-refractivity contribution in [2.75, 3.05) is 33.0 Å². The highest BCUT2D eigenvalue weighted by atomic mass is 31.2. The second-order valence-corrected chi connectivity index (χ2v) is 25.8. The van der Waals surface area contributed by atoms with Gasteiger partial charge in [0.25, 0.3) is 0 Å². The van der Waals surface area contributed by atoms with Crippen molar-refractivity contribution < 1.29 is 137 Å². The van der Waals surface area contributed by atoms with Gasteiger partial charge in [0.15, 0.2) is 25.0 Å². The van der Waals surface area contributed by atoms with Crippen LogP contribution in [0.4, 0.5) is 0 Å². The van der Waals surface area contributed by atoms with Crippen LogP contribution in [0.2, 0.25) is 0 Å². The van der Waals surface area contributed by atoms with Gasteiger partial charge < -0.3 is 114 Å². The molecule has 0 bridgehead atoms. The van der Waals surface area contributed by atoms with Crippen LogP contribution >= 0.6 is 7.82 Å². The van der Waals surface area contributed by atoms with Crippen molar-refractivity contribution in [1.82, 2.24) is 0 Å². The Kier molecular flexibility index (Phi) is 39.3. The number of phosphoric acid groups is 1. The number of aliphatic hydroxyl groups is 14. The summed E-state index contributed by atoms with van der Waals surface area (Å²) < 4.78 is 69.8. The first-order chi connectivity index (χ1) is 43.1. The van der Waals surface area contributed by atoms with E-state index in [1.54, 1.807) is 0 Å². The van der Waals surface area contributed by atoms with Crippen molar-refractivity contribution in [3.63, 3.8) is 0 Å². The fraction of sp³-hybridized carbons (Fsp3) is 0.934. The van der Waals surface area contributed by atoms with Crippen LogP contribution in [0.15, 0.2) is 12.2 Å². The van der Waals surface area contributed by atoms with Crippen LogP contribution in [0.1, 0.15) is 194 Å². The first kappa shape index (κ1) is 80.4. The summed E-state index contributed by atoms with van der Waals surface area (Å²) in [5, 5.41) is 150. The van der Waals surface area contributed by atoms with E-state index in [0.29, 0.717) is 19.3 Å². The lowest BCUT2D eigenvalue weighted by atomic mass is 9.84. The number of rotatable bonds is 46. The van der Waals surface area contributed by atoms with Gasteiger partial charge in [0.1, 0.15) is 116 Å². The third-order valence-electron chi connectivity index (χ3n) is 16.9. The fourth-order valence-corrected chi connectivity index (χ4v) is 12.2. The zero-order chi connectivity index (χ0) is 66.2. The van der Waals surface area contributed by atoms with Gasteiger partial charge in [-0.15, -0.1) is 0 Å². The lowest BCUT2D eigenvalue weighted by Crippen LogP contribution is -2.69. The van der Waals surface area contributed by atoms with Crippen LogP contribution in [0, 0.1) is 0 Å². The number of allylic oxidation sites excluding steroid dienone is 2. The molecule has 0 amide bonds. The smallest absolute Gasteiger partial charge is 0.462 e. The second kappa shape index (κ2) is 43.9. The van der Waals surface area contributed by atoms with E-state index in [1.165, 1.54) is 83.5 Å². The van der Waals surface area contributed by atoms with Crippen LogP contribution in [-0.2, 0) is 61.1 Å². The first-order valence-corrected chi connectivity index (χ1v) is 34.5. The fourth-order valence-electron chi connectivity index (χ4n) is 11.3. The molecule has 0 aromatic heterocycles. The average Bonchev–Trinajstić information content (AvgIpc) is 0.869. The summed E-state index contributed by atoms with van der Waals surface area (Å²) in [5.41, 5.74) is 0. The molecule has 3 heterocycles. The van der Waals surface area contributed by atoms with Crippen LogP contribution in [0.5, 0.6) is 0 Å². The maximum Gasteiger partial charge on any atom is 0.472 e. The Labute approximate surface area is 529 Å². The molecule has 90 heavy (non-hydrogen) atoms. The normalized spacial score (nSPS) is 34.3. The van der Waals surface area contributed by atoms with E-state index in [9.17, 15) is 90.5 Å². The molecule has 0 aromatic carbocycles. The Bertz CT molecular complexity index is 1990. The molecule has 3 aliphatic heterocycles. The number of esters is 2. The van der Waals surface area contributed by atoms with Crippen molar-refractivity contribution in [1.29, 1.82) is 0 Å². The number of carbonyl (C=O) groups is 2. The average molecular weight is 1320 g/mol. The predicted octanol–water partition coefficient (Wildman–Crippen LogP) is 1.75. The summed E-state index contributed by atoms with van der Waals surface area (Å²) >= 11 is 0. The van der Waals surface area contributed by atoms with Gasteiger partial charge >= 0.3 is 19.8 Å². The third kappa shape index (κ3) is 27.2. The van der Waals surface area contributed by atoms with Gasteiger partial charge in [0.2, 0.25) is 0 Å². The Morgan fingerprint density at radius 1 is 0.433 bits per heavy atom. The summed E-state index contributed by atoms with van der Waals surface area (Å²) in [4.78, 5) is 37.9. The Hall–Kier alpha value is -2.01. The van der Waals surface area contributed by atoms with Gasteiger partial charge in [0, 0.05) is 12.8 Å². The SMILES string of the molecule is CCCCCC/C=C\CCCCCCCC(=O)O[C@H](COC(=O)CCCCCCCCCCCCCCCCC)COP(=O)(O)O[C@@H]1C(O[C@@H]2OC(CO[C@@H]3OC(CO)[C@H](O)C(O)[C@@H]3O)[C@H](O)C(O)[C@@H]2O)C(O)[C@@H](O)C(O)[C@H]1O[C@H]1OC(CO)[C@@H](O)C(O)[C@H]1O. The number of aliphatic hydroxyl groups excluding tert-OH is 14. The first-order valence-electron chi connectivity index (χ1n) is 33.0. The molecular weight excluding hydrogens is 1210 g/mol. The zero-order valence-corrected chi connectivity index (χ0v) is 53.5. The summed E-state index contributed by atoms with van der Waals surface area (Å²) in [6.45, 7) is 0.0431. The van der Waals surface area contributed by atoms with E-state index >= 15 is 0 Å². The molecule has 0 radical (unpaired) electrons. The number of unbranched alkanes of at least 4 members (excludes halogenated alkanes) is 23. The highest BCUT2D eigenvalue weighted by Gasteiger charge is 2.58. The van der Waals surface area contributed by atoms with Crippen molar-refractivity contribution in [3.8, 4) is 0 Å². The molecule has 10 unspecified atom stereocenters. The molecule has 1 saturated carbocycles. The molecule has 23 atom stereocenters. The van der Waals surface area contributed by atoms with Crippen molar-refractivity contribution in [2.45, 2.75) is 328 Å².